The van der Waals surface area contributed by atoms with Gasteiger partial charge in [-0.15, -0.1) is 0 Å². The van der Waals surface area contributed by atoms with E-state index in [-0.39, 0.29) is 11.9 Å². The van der Waals surface area contributed by atoms with Crippen molar-refractivity contribution in [2.75, 3.05) is 13.7 Å². The maximum Gasteiger partial charge on any atom is 0.253 e. The minimum Gasteiger partial charge on any atom is -0.495 e. The zero-order valence-corrected chi connectivity index (χ0v) is 11.4. The molecule has 0 aliphatic carbocycles. The van der Waals surface area contributed by atoms with E-state index in [2.05, 4.69) is 10.3 Å². The molecule has 1 atom stereocenters. The van der Waals surface area contributed by atoms with Crippen molar-refractivity contribution in [3.8, 4) is 5.75 Å². The SMILES string of the molecule is COc1cccc2c(C(=O)NC(C)CN)c(C)[nH]c12. The number of methoxy groups -OCH3 is 1. The quantitative estimate of drug-likeness (QED) is 0.781. The minimum atomic E-state index is -0.116. The molecule has 1 unspecified atom stereocenters. The second-order valence-corrected chi connectivity index (χ2v) is 4.62. The lowest BCUT2D eigenvalue weighted by Gasteiger charge is -2.11. The van der Waals surface area contributed by atoms with Crippen LogP contribution in [0.1, 0.15) is 23.0 Å². The summed E-state index contributed by atoms with van der Waals surface area (Å²) in [5, 5.41) is 3.74. The molecule has 0 aliphatic heterocycles. The number of carbonyl (C=O) groups excluding carboxylic acids is 1. The molecule has 0 bridgehead atoms. The Bertz CT molecular complexity index is 604. The highest BCUT2D eigenvalue weighted by atomic mass is 16.5. The Morgan fingerprint density at radius 3 is 2.89 bits per heavy atom. The van der Waals surface area contributed by atoms with Gasteiger partial charge in [-0.1, -0.05) is 12.1 Å². The van der Waals surface area contributed by atoms with Crippen LogP contribution in [0.3, 0.4) is 0 Å². The molecule has 0 fully saturated rings. The summed E-state index contributed by atoms with van der Waals surface area (Å²) in [6, 6.07) is 5.59. The van der Waals surface area contributed by atoms with Crippen LogP contribution in [0, 0.1) is 6.92 Å². The van der Waals surface area contributed by atoms with Crippen LogP contribution in [0.25, 0.3) is 10.9 Å². The van der Waals surface area contributed by atoms with Crippen molar-refractivity contribution in [2.45, 2.75) is 19.9 Å². The Kier molecular flexibility index (Phi) is 3.76. The monoisotopic (exact) mass is 261 g/mol. The number of amides is 1. The van der Waals surface area contributed by atoms with E-state index in [1.165, 1.54) is 0 Å². The third kappa shape index (κ3) is 2.42. The number of rotatable bonds is 4. The highest BCUT2D eigenvalue weighted by Gasteiger charge is 2.18. The molecule has 0 aliphatic rings. The van der Waals surface area contributed by atoms with Gasteiger partial charge in [-0.25, -0.2) is 0 Å². The zero-order chi connectivity index (χ0) is 14.0. The first-order valence-corrected chi connectivity index (χ1v) is 6.24. The number of H-pyrrole nitrogens is 1. The van der Waals surface area contributed by atoms with E-state index < -0.39 is 0 Å². The molecule has 1 aromatic carbocycles. The maximum atomic E-state index is 12.3. The van der Waals surface area contributed by atoms with Crippen LogP contribution in [0.5, 0.6) is 5.75 Å². The van der Waals surface area contributed by atoms with Gasteiger partial charge in [-0.3, -0.25) is 4.79 Å². The number of hydrogen-bond acceptors (Lipinski definition) is 3. The lowest BCUT2D eigenvalue weighted by atomic mass is 10.1. The summed E-state index contributed by atoms with van der Waals surface area (Å²) in [5.41, 5.74) is 7.84. The third-order valence-corrected chi connectivity index (χ3v) is 3.16. The number of benzene rings is 1. The van der Waals surface area contributed by atoms with Crippen molar-refractivity contribution in [3.05, 3.63) is 29.5 Å². The van der Waals surface area contributed by atoms with E-state index in [0.29, 0.717) is 12.1 Å². The molecule has 2 aromatic rings. The molecular formula is C14H19N3O2. The normalized spacial score (nSPS) is 12.4. The number of aryl methyl sites for hydroxylation is 1. The van der Waals surface area contributed by atoms with Crippen LogP contribution in [0.15, 0.2) is 18.2 Å². The lowest BCUT2D eigenvalue weighted by molar-refractivity contribution is 0.0942. The van der Waals surface area contributed by atoms with E-state index in [1.54, 1.807) is 7.11 Å². The molecular weight excluding hydrogens is 242 g/mol. The van der Waals surface area contributed by atoms with E-state index in [1.807, 2.05) is 32.0 Å². The number of aromatic amines is 1. The fourth-order valence-electron chi connectivity index (χ4n) is 2.14. The van der Waals surface area contributed by atoms with Crippen LogP contribution < -0.4 is 15.8 Å². The number of fused-ring (bicyclic) bond motifs is 1. The van der Waals surface area contributed by atoms with Crippen LogP contribution in [-0.2, 0) is 0 Å². The summed E-state index contributed by atoms with van der Waals surface area (Å²) < 4.78 is 5.29. The number of carbonyl (C=O) groups is 1. The van der Waals surface area contributed by atoms with Gasteiger partial charge in [0.25, 0.3) is 5.91 Å². The second kappa shape index (κ2) is 5.32. The number of aromatic nitrogens is 1. The molecule has 0 radical (unpaired) electrons. The molecule has 19 heavy (non-hydrogen) atoms. The molecule has 0 saturated carbocycles. The molecule has 4 N–H and O–H groups in total. The molecule has 0 saturated heterocycles. The predicted molar refractivity (Wildman–Crippen MR) is 75.6 cm³/mol. The first-order valence-electron chi connectivity index (χ1n) is 6.24. The van der Waals surface area contributed by atoms with Crippen molar-refractivity contribution in [1.29, 1.82) is 0 Å². The van der Waals surface area contributed by atoms with Crippen LogP contribution in [0.4, 0.5) is 0 Å². The summed E-state index contributed by atoms with van der Waals surface area (Å²) in [5.74, 6) is 0.612. The Morgan fingerprint density at radius 1 is 1.53 bits per heavy atom. The number of hydrogen-bond donors (Lipinski definition) is 3. The number of nitrogens with one attached hydrogen (secondary N) is 2. The number of para-hydroxylation sites is 1. The topological polar surface area (TPSA) is 80.1 Å². The van der Waals surface area contributed by atoms with Crippen LogP contribution in [-0.4, -0.2) is 30.6 Å². The van der Waals surface area contributed by atoms with Gasteiger partial charge in [0.2, 0.25) is 0 Å². The van der Waals surface area contributed by atoms with Gasteiger partial charge in [0.15, 0.2) is 0 Å². The third-order valence-electron chi connectivity index (χ3n) is 3.16. The van der Waals surface area contributed by atoms with Crippen molar-refractivity contribution >= 4 is 16.8 Å². The molecule has 1 amide bonds. The van der Waals surface area contributed by atoms with E-state index in [9.17, 15) is 4.79 Å². The Labute approximate surface area is 112 Å². The van der Waals surface area contributed by atoms with Crippen molar-refractivity contribution in [3.63, 3.8) is 0 Å². The largest absolute Gasteiger partial charge is 0.495 e. The molecule has 5 nitrogen and oxygen atoms in total. The Hall–Kier alpha value is -2.01. The fraction of sp³-hybridized carbons (Fsp3) is 0.357. The van der Waals surface area contributed by atoms with Crippen LogP contribution in [0.2, 0.25) is 0 Å². The molecule has 1 aromatic heterocycles. The zero-order valence-electron chi connectivity index (χ0n) is 11.4. The Balaban J connectivity index is 2.49. The van der Waals surface area contributed by atoms with Crippen molar-refractivity contribution in [1.82, 2.24) is 10.3 Å². The van der Waals surface area contributed by atoms with E-state index in [0.717, 1.165) is 22.3 Å². The summed E-state index contributed by atoms with van der Waals surface area (Å²) >= 11 is 0. The first-order chi connectivity index (χ1) is 9.08. The molecule has 102 valence electrons. The van der Waals surface area contributed by atoms with E-state index >= 15 is 0 Å². The van der Waals surface area contributed by atoms with Gasteiger partial charge in [0.05, 0.1) is 18.2 Å². The molecule has 2 rings (SSSR count). The molecule has 0 spiro atoms. The van der Waals surface area contributed by atoms with Gasteiger partial charge in [0, 0.05) is 23.7 Å². The average molecular weight is 261 g/mol. The fourth-order valence-corrected chi connectivity index (χ4v) is 2.14. The van der Waals surface area contributed by atoms with Gasteiger partial charge in [-0.05, 0) is 19.9 Å². The summed E-state index contributed by atoms with van der Waals surface area (Å²) in [6.45, 7) is 4.17. The summed E-state index contributed by atoms with van der Waals surface area (Å²) in [6.07, 6.45) is 0. The predicted octanol–water partition coefficient (Wildman–Crippen LogP) is 1.56. The van der Waals surface area contributed by atoms with Gasteiger partial charge < -0.3 is 20.8 Å². The van der Waals surface area contributed by atoms with E-state index in [4.69, 9.17) is 10.5 Å². The number of ether oxygens (including phenoxy) is 1. The highest BCUT2D eigenvalue weighted by molar-refractivity contribution is 6.09. The van der Waals surface area contributed by atoms with Gasteiger partial charge in [-0.2, -0.15) is 0 Å². The Morgan fingerprint density at radius 2 is 2.26 bits per heavy atom. The van der Waals surface area contributed by atoms with Gasteiger partial charge in [0.1, 0.15) is 5.75 Å². The first kappa shape index (κ1) is 13.4. The highest BCUT2D eigenvalue weighted by Crippen LogP contribution is 2.29. The number of nitrogens with two attached hydrogens (primary N) is 1. The minimum absolute atomic E-state index is 0.0533. The van der Waals surface area contributed by atoms with Crippen molar-refractivity contribution in [2.24, 2.45) is 5.73 Å². The molecule has 5 heteroatoms. The molecule has 1 heterocycles. The van der Waals surface area contributed by atoms with Gasteiger partial charge >= 0.3 is 0 Å². The summed E-state index contributed by atoms with van der Waals surface area (Å²) in [7, 11) is 1.61. The lowest BCUT2D eigenvalue weighted by Crippen LogP contribution is -2.37. The average Bonchev–Trinajstić information content (AvgIpc) is 2.74. The summed E-state index contributed by atoms with van der Waals surface area (Å²) in [4.78, 5) is 15.5. The van der Waals surface area contributed by atoms with Crippen molar-refractivity contribution < 1.29 is 9.53 Å². The standard InChI is InChI=1S/C14H19N3O2/c1-8(7-15)16-14(18)12-9(2)17-13-10(12)5-4-6-11(13)19-3/h4-6,8,17H,7,15H2,1-3H3,(H,16,18). The second-order valence-electron chi connectivity index (χ2n) is 4.62. The van der Waals surface area contributed by atoms with Crippen LogP contribution >= 0.6 is 0 Å². The smallest absolute Gasteiger partial charge is 0.253 e. The maximum absolute atomic E-state index is 12.3.